The smallest absolute Gasteiger partial charge is 0.242 e. The zero-order valence-corrected chi connectivity index (χ0v) is 9.29. The van der Waals surface area contributed by atoms with E-state index >= 15 is 0 Å². The first kappa shape index (κ1) is 10.5. The van der Waals surface area contributed by atoms with Crippen molar-refractivity contribution in [2.75, 3.05) is 5.43 Å². The number of para-hydroxylation sites is 1. The van der Waals surface area contributed by atoms with Gasteiger partial charge in [0.25, 0.3) is 0 Å². The van der Waals surface area contributed by atoms with Crippen LogP contribution in [0.15, 0.2) is 36.5 Å². The molecule has 0 aliphatic heterocycles. The number of hydrogen-bond acceptors (Lipinski definition) is 6. The molecule has 0 atom stereocenters. The Morgan fingerprint density at radius 1 is 1.17 bits per heavy atom. The predicted octanol–water partition coefficient (Wildman–Crippen LogP) is 1.43. The summed E-state index contributed by atoms with van der Waals surface area (Å²) in [6, 6.07) is 9.34. The summed E-state index contributed by atoms with van der Waals surface area (Å²) in [6.07, 6.45) is 1.61. The van der Waals surface area contributed by atoms with Gasteiger partial charge in [0.1, 0.15) is 11.1 Å². The third kappa shape index (κ3) is 1.82. The molecule has 2 heterocycles. The number of hydrogen-bond donors (Lipinski definition) is 3. The number of aromatic nitrogens is 4. The highest BCUT2D eigenvalue weighted by atomic mass is 16.5. The van der Waals surface area contributed by atoms with Crippen molar-refractivity contribution in [3.63, 3.8) is 0 Å². The van der Waals surface area contributed by atoms with Gasteiger partial charge in [-0.1, -0.05) is 18.2 Å². The number of benzene rings is 1. The highest BCUT2D eigenvalue weighted by Crippen LogP contribution is 2.26. The van der Waals surface area contributed by atoms with Crippen LogP contribution in [0.3, 0.4) is 0 Å². The van der Waals surface area contributed by atoms with Crippen molar-refractivity contribution < 1.29 is 4.74 Å². The Morgan fingerprint density at radius 3 is 2.78 bits per heavy atom. The molecule has 0 aliphatic rings. The van der Waals surface area contributed by atoms with E-state index in [9.17, 15) is 0 Å². The molecule has 0 radical (unpaired) electrons. The fourth-order valence-electron chi connectivity index (χ4n) is 1.55. The van der Waals surface area contributed by atoms with Crippen LogP contribution in [0, 0.1) is 0 Å². The van der Waals surface area contributed by atoms with E-state index in [4.69, 9.17) is 10.6 Å². The lowest BCUT2D eigenvalue weighted by atomic mass is 10.3. The summed E-state index contributed by atoms with van der Waals surface area (Å²) >= 11 is 0. The normalized spacial score (nSPS) is 10.5. The molecule has 0 fully saturated rings. The van der Waals surface area contributed by atoms with Gasteiger partial charge in [0.2, 0.25) is 11.8 Å². The molecule has 4 N–H and O–H groups in total. The molecule has 0 spiro atoms. The molecule has 1 aromatic carbocycles. The Balaban J connectivity index is 2.07. The molecular weight excluding hydrogens is 232 g/mol. The van der Waals surface area contributed by atoms with Gasteiger partial charge in [-0.05, 0) is 12.1 Å². The number of nitrogens with one attached hydrogen (secondary N) is 2. The molecule has 0 amide bonds. The largest absolute Gasteiger partial charge is 0.438 e. The van der Waals surface area contributed by atoms with E-state index in [1.807, 2.05) is 30.3 Å². The van der Waals surface area contributed by atoms with E-state index in [0.29, 0.717) is 22.7 Å². The summed E-state index contributed by atoms with van der Waals surface area (Å²) in [5.41, 5.74) is 2.94. The summed E-state index contributed by atoms with van der Waals surface area (Å²) in [4.78, 5) is 8.27. The third-order valence-corrected chi connectivity index (χ3v) is 2.36. The van der Waals surface area contributed by atoms with Crippen molar-refractivity contribution >= 4 is 17.0 Å². The second kappa shape index (κ2) is 4.30. The Kier molecular flexibility index (Phi) is 2.50. The fraction of sp³-hybridized carbons (Fsp3) is 0. The molecule has 90 valence electrons. The highest BCUT2D eigenvalue weighted by Gasteiger charge is 2.10. The van der Waals surface area contributed by atoms with Gasteiger partial charge in [-0.2, -0.15) is 15.1 Å². The molecular formula is C11H10N6O. The molecule has 7 nitrogen and oxygen atoms in total. The van der Waals surface area contributed by atoms with Crippen LogP contribution in [0.5, 0.6) is 11.6 Å². The number of fused-ring (bicyclic) bond motifs is 1. The molecule has 0 saturated carbocycles. The van der Waals surface area contributed by atoms with E-state index < -0.39 is 0 Å². The molecule has 0 saturated heterocycles. The van der Waals surface area contributed by atoms with Crippen molar-refractivity contribution in [1.82, 2.24) is 20.2 Å². The van der Waals surface area contributed by atoms with E-state index in [-0.39, 0.29) is 5.95 Å². The lowest BCUT2D eigenvalue weighted by Crippen LogP contribution is -2.10. The van der Waals surface area contributed by atoms with Gasteiger partial charge >= 0.3 is 0 Å². The average molecular weight is 242 g/mol. The van der Waals surface area contributed by atoms with Gasteiger partial charge in [0.15, 0.2) is 5.65 Å². The summed E-state index contributed by atoms with van der Waals surface area (Å²) in [5, 5.41) is 7.34. The number of rotatable bonds is 3. The topological polar surface area (TPSA) is 102 Å². The lowest BCUT2D eigenvalue weighted by molar-refractivity contribution is 0.469. The quantitative estimate of drug-likeness (QED) is 0.474. The number of hydrazine groups is 1. The van der Waals surface area contributed by atoms with Crippen LogP contribution in [-0.4, -0.2) is 20.2 Å². The van der Waals surface area contributed by atoms with Crippen LogP contribution < -0.4 is 16.0 Å². The first-order valence-corrected chi connectivity index (χ1v) is 5.27. The number of nitrogen functional groups attached to an aromatic ring is 1. The molecule has 0 aliphatic carbocycles. The van der Waals surface area contributed by atoms with Crippen molar-refractivity contribution in [3.8, 4) is 11.6 Å². The van der Waals surface area contributed by atoms with Crippen LogP contribution in [0.4, 0.5) is 5.95 Å². The average Bonchev–Trinajstić information content (AvgIpc) is 2.88. The van der Waals surface area contributed by atoms with Crippen molar-refractivity contribution in [2.24, 2.45) is 5.84 Å². The molecule has 3 aromatic rings. The van der Waals surface area contributed by atoms with E-state index in [1.165, 1.54) is 0 Å². The van der Waals surface area contributed by atoms with Crippen molar-refractivity contribution in [3.05, 3.63) is 36.5 Å². The first-order valence-electron chi connectivity index (χ1n) is 5.27. The van der Waals surface area contributed by atoms with Crippen LogP contribution >= 0.6 is 0 Å². The molecule has 0 bridgehead atoms. The summed E-state index contributed by atoms with van der Waals surface area (Å²) in [5.74, 6) is 6.65. The maximum absolute atomic E-state index is 5.69. The fourth-order valence-corrected chi connectivity index (χ4v) is 1.55. The van der Waals surface area contributed by atoms with Gasteiger partial charge in [-0.25, -0.2) is 5.84 Å². The lowest BCUT2D eigenvalue weighted by Gasteiger charge is -2.06. The van der Waals surface area contributed by atoms with Crippen LogP contribution in [0.2, 0.25) is 0 Å². The second-order valence-corrected chi connectivity index (χ2v) is 3.54. The Hall–Kier alpha value is -2.67. The molecule has 0 unspecified atom stereocenters. The van der Waals surface area contributed by atoms with Gasteiger partial charge in [0, 0.05) is 0 Å². The van der Waals surface area contributed by atoms with Crippen LogP contribution in [0.1, 0.15) is 0 Å². The van der Waals surface area contributed by atoms with E-state index in [1.54, 1.807) is 6.20 Å². The van der Waals surface area contributed by atoms with Gasteiger partial charge < -0.3 is 4.74 Å². The van der Waals surface area contributed by atoms with Crippen LogP contribution in [0.25, 0.3) is 11.0 Å². The summed E-state index contributed by atoms with van der Waals surface area (Å²) in [7, 11) is 0. The monoisotopic (exact) mass is 242 g/mol. The van der Waals surface area contributed by atoms with Crippen molar-refractivity contribution in [1.29, 1.82) is 0 Å². The molecule has 18 heavy (non-hydrogen) atoms. The molecule has 7 heteroatoms. The van der Waals surface area contributed by atoms with E-state index in [2.05, 4.69) is 25.6 Å². The number of aromatic amines is 1. The summed E-state index contributed by atoms with van der Waals surface area (Å²) < 4.78 is 5.69. The maximum atomic E-state index is 5.69. The van der Waals surface area contributed by atoms with Gasteiger partial charge in [-0.15, -0.1) is 0 Å². The number of nitrogens with zero attached hydrogens (tertiary/aromatic N) is 3. The first-order chi connectivity index (χ1) is 8.86. The highest BCUT2D eigenvalue weighted by molar-refractivity contribution is 5.80. The van der Waals surface area contributed by atoms with Crippen molar-refractivity contribution in [2.45, 2.75) is 0 Å². The van der Waals surface area contributed by atoms with Gasteiger partial charge in [0.05, 0.1) is 6.20 Å². The number of anilines is 1. The SMILES string of the molecule is NNc1nc(Oc2ccccc2)c2cn[nH]c2n1. The Labute approximate surface area is 102 Å². The van der Waals surface area contributed by atoms with Gasteiger partial charge in [-0.3, -0.25) is 10.5 Å². The van der Waals surface area contributed by atoms with E-state index in [0.717, 1.165) is 0 Å². The molecule has 3 rings (SSSR count). The third-order valence-electron chi connectivity index (χ3n) is 2.36. The number of nitrogens with two attached hydrogens (primary N) is 1. The number of H-pyrrole nitrogens is 1. The minimum Gasteiger partial charge on any atom is -0.438 e. The molecule has 2 aromatic heterocycles. The Bertz CT molecular complexity index is 666. The second-order valence-electron chi connectivity index (χ2n) is 3.54. The maximum Gasteiger partial charge on any atom is 0.242 e. The predicted molar refractivity (Wildman–Crippen MR) is 66.0 cm³/mol. The standard InChI is InChI=1S/C11H10N6O/c12-16-11-14-9-8(6-13-17-9)10(15-11)18-7-4-2-1-3-5-7/h1-6H,12H2,(H2,13,14,15,16,17). The number of ether oxygens (including phenoxy) is 1. The minimum absolute atomic E-state index is 0.262. The summed E-state index contributed by atoms with van der Waals surface area (Å²) in [6.45, 7) is 0. The minimum atomic E-state index is 0.262. The zero-order valence-electron chi connectivity index (χ0n) is 9.29. The Morgan fingerprint density at radius 2 is 2.00 bits per heavy atom. The van der Waals surface area contributed by atoms with Crippen LogP contribution in [-0.2, 0) is 0 Å². The zero-order chi connectivity index (χ0) is 12.4.